The van der Waals surface area contributed by atoms with Crippen LogP contribution >= 0.6 is 0 Å². The van der Waals surface area contributed by atoms with Gasteiger partial charge in [-0.25, -0.2) is 4.68 Å². The summed E-state index contributed by atoms with van der Waals surface area (Å²) < 4.78 is 7.12. The number of benzene rings is 2. The summed E-state index contributed by atoms with van der Waals surface area (Å²) in [7, 11) is 1.66. The van der Waals surface area contributed by atoms with Gasteiger partial charge in [-0.3, -0.25) is 0 Å². The van der Waals surface area contributed by atoms with Crippen LogP contribution in [0.15, 0.2) is 48.5 Å². The Morgan fingerprint density at radius 2 is 1.89 bits per heavy atom. The van der Waals surface area contributed by atoms with E-state index in [1.807, 2.05) is 53.2 Å². The van der Waals surface area contributed by atoms with Crippen molar-refractivity contribution < 1.29 is 4.74 Å². The second-order valence-corrected chi connectivity index (χ2v) is 4.11. The highest BCUT2D eigenvalue weighted by Crippen LogP contribution is 2.23. The van der Waals surface area contributed by atoms with E-state index in [-0.39, 0.29) is 0 Å². The van der Waals surface area contributed by atoms with Crippen LogP contribution in [0.3, 0.4) is 0 Å². The Morgan fingerprint density at radius 3 is 2.79 bits per heavy atom. The van der Waals surface area contributed by atoms with Crippen molar-refractivity contribution in [2.75, 3.05) is 12.4 Å². The fourth-order valence-corrected chi connectivity index (χ4v) is 1.98. The van der Waals surface area contributed by atoms with Crippen molar-refractivity contribution in [1.82, 2.24) is 15.0 Å². The van der Waals surface area contributed by atoms with Gasteiger partial charge in [0.05, 0.1) is 18.3 Å². The molecule has 1 N–H and O–H groups in total. The van der Waals surface area contributed by atoms with Gasteiger partial charge in [-0.1, -0.05) is 29.5 Å². The average Bonchev–Trinajstić information content (AvgIpc) is 2.89. The summed E-state index contributed by atoms with van der Waals surface area (Å²) in [6.07, 6.45) is 0. The Hall–Kier alpha value is -2.56. The van der Waals surface area contributed by atoms with Crippen LogP contribution in [0.1, 0.15) is 0 Å². The van der Waals surface area contributed by atoms with E-state index >= 15 is 0 Å². The molecule has 0 spiro atoms. The van der Waals surface area contributed by atoms with Gasteiger partial charge >= 0.3 is 0 Å². The second-order valence-electron chi connectivity index (χ2n) is 4.11. The summed E-state index contributed by atoms with van der Waals surface area (Å²) >= 11 is 0. The maximum atomic E-state index is 5.29. The van der Waals surface area contributed by atoms with Crippen molar-refractivity contribution in [1.29, 1.82) is 0 Å². The molecule has 0 aliphatic rings. The van der Waals surface area contributed by atoms with Crippen LogP contribution < -0.4 is 10.1 Å². The van der Waals surface area contributed by atoms with Gasteiger partial charge in [0.2, 0.25) is 0 Å². The van der Waals surface area contributed by atoms with Crippen LogP contribution in [0, 0.1) is 0 Å². The van der Waals surface area contributed by atoms with E-state index < -0.39 is 0 Å². The van der Waals surface area contributed by atoms with Gasteiger partial charge in [-0.05, 0) is 24.3 Å². The van der Waals surface area contributed by atoms with Gasteiger partial charge in [-0.2, -0.15) is 0 Å². The highest BCUT2D eigenvalue weighted by molar-refractivity contribution is 5.73. The molecule has 0 unspecified atom stereocenters. The minimum absolute atomic E-state index is 0.543. The molecule has 0 saturated heterocycles. The molecule has 0 atom stereocenters. The molecule has 0 bridgehead atoms. The fourth-order valence-electron chi connectivity index (χ4n) is 1.98. The number of anilines is 1. The van der Waals surface area contributed by atoms with Crippen LogP contribution in [-0.2, 0) is 6.67 Å². The topological polar surface area (TPSA) is 52.0 Å². The number of nitrogens with zero attached hydrogens (tertiary/aromatic N) is 3. The number of rotatable bonds is 4. The predicted molar refractivity (Wildman–Crippen MR) is 74.1 cm³/mol. The molecule has 1 heterocycles. The first-order valence-electron chi connectivity index (χ1n) is 6.03. The van der Waals surface area contributed by atoms with Crippen molar-refractivity contribution in [3.8, 4) is 5.75 Å². The zero-order valence-electron chi connectivity index (χ0n) is 10.6. The summed E-state index contributed by atoms with van der Waals surface area (Å²) in [4.78, 5) is 0. The van der Waals surface area contributed by atoms with Gasteiger partial charge in [-0.15, -0.1) is 5.10 Å². The maximum absolute atomic E-state index is 5.29. The van der Waals surface area contributed by atoms with Gasteiger partial charge in [0.1, 0.15) is 17.9 Å². The van der Waals surface area contributed by atoms with Crippen molar-refractivity contribution in [2.24, 2.45) is 0 Å². The molecule has 2 aromatic carbocycles. The number of nitrogens with one attached hydrogen (secondary N) is 1. The lowest BCUT2D eigenvalue weighted by Crippen LogP contribution is -2.10. The first-order chi connectivity index (χ1) is 9.38. The monoisotopic (exact) mass is 254 g/mol. The van der Waals surface area contributed by atoms with E-state index in [0.717, 1.165) is 22.5 Å². The molecule has 0 amide bonds. The minimum atomic E-state index is 0.543. The van der Waals surface area contributed by atoms with E-state index in [2.05, 4.69) is 15.6 Å². The zero-order valence-corrected chi connectivity index (χ0v) is 10.6. The van der Waals surface area contributed by atoms with E-state index in [4.69, 9.17) is 4.74 Å². The summed E-state index contributed by atoms with van der Waals surface area (Å²) in [5, 5.41) is 11.5. The molecule has 1 aromatic heterocycles. The third-order valence-electron chi connectivity index (χ3n) is 2.95. The first-order valence-corrected chi connectivity index (χ1v) is 6.03. The lowest BCUT2D eigenvalue weighted by atomic mass is 10.3. The largest absolute Gasteiger partial charge is 0.495 e. The number of para-hydroxylation sites is 3. The van der Waals surface area contributed by atoms with Gasteiger partial charge < -0.3 is 10.1 Å². The smallest absolute Gasteiger partial charge is 0.141 e. The Bertz CT molecular complexity index is 692. The summed E-state index contributed by atoms with van der Waals surface area (Å²) in [6, 6.07) is 15.7. The molecule has 0 saturated carbocycles. The quantitative estimate of drug-likeness (QED) is 0.777. The molecule has 0 aliphatic heterocycles. The van der Waals surface area contributed by atoms with E-state index in [9.17, 15) is 0 Å². The van der Waals surface area contributed by atoms with Crippen LogP contribution in [0.4, 0.5) is 5.69 Å². The predicted octanol–water partition coefficient (Wildman–Crippen LogP) is 2.51. The first kappa shape index (κ1) is 11.5. The Morgan fingerprint density at radius 1 is 1.11 bits per heavy atom. The third kappa shape index (κ3) is 2.22. The average molecular weight is 254 g/mol. The Kier molecular flexibility index (Phi) is 3.02. The molecule has 3 rings (SSSR count). The van der Waals surface area contributed by atoms with Gasteiger partial charge in [0.15, 0.2) is 0 Å². The van der Waals surface area contributed by atoms with Crippen molar-refractivity contribution in [3.05, 3.63) is 48.5 Å². The number of ether oxygens (including phenoxy) is 1. The van der Waals surface area contributed by atoms with Crippen LogP contribution in [-0.4, -0.2) is 22.1 Å². The number of fused-ring (bicyclic) bond motifs is 1. The van der Waals surface area contributed by atoms with E-state index in [0.29, 0.717) is 6.67 Å². The lowest BCUT2D eigenvalue weighted by molar-refractivity contribution is 0.416. The minimum Gasteiger partial charge on any atom is -0.495 e. The van der Waals surface area contributed by atoms with Crippen molar-refractivity contribution in [3.63, 3.8) is 0 Å². The molecule has 96 valence electrons. The van der Waals surface area contributed by atoms with E-state index in [1.165, 1.54) is 0 Å². The molecule has 3 aromatic rings. The SMILES string of the molecule is COc1ccccc1NCn1nnc2ccccc21. The highest BCUT2D eigenvalue weighted by Gasteiger charge is 2.04. The number of aromatic nitrogens is 3. The van der Waals surface area contributed by atoms with Crippen LogP contribution in [0.5, 0.6) is 5.75 Å². The van der Waals surface area contributed by atoms with Gasteiger partial charge in [0, 0.05) is 0 Å². The summed E-state index contributed by atoms with van der Waals surface area (Å²) in [6.45, 7) is 0.543. The number of hydrogen-bond acceptors (Lipinski definition) is 4. The van der Waals surface area contributed by atoms with E-state index in [1.54, 1.807) is 7.11 Å². The standard InChI is InChI=1S/C14H14N4O/c1-19-14-9-5-3-7-12(14)15-10-18-13-8-4-2-6-11(13)16-17-18/h2-9,15H,10H2,1H3. The summed E-state index contributed by atoms with van der Waals surface area (Å²) in [5.41, 5.74) is 2.83. The highest BCUT2D eigenvalue weighted by atomic mass is 16.5. The van der Waals surface area contributed by atoms with Crippen molar-refractivity contribution >= 4 is 16.7 Å². The fraction of sp³-hybridized carbons (Fsp3) is 0.143. The maximum Gasteiger partial charge on any atom is 0.141 e. The third-order valence-corrected chi connectivity index (χ3v) is 2.95. The van der Waals surface area contributed by atoms with Crippen molar-refractivity contribution in [2.45, 2.75) is 6.67 Å². The molecule has 19 heavy (non-hydrogen) atoms. The zero-order chi connectivity index (χ0) is 13.1. The molecule has 0 fully saturated rings. The molecule has 5 heteroatoms. The second kappa shape index (κ2) is 4.97. The molecule has 0 aliphatic carbocycles. The number of hydrogen-bond donors (Lipinski definition) is 1. The molecular weight excluding hydrogens is 240 g/mol. The lowest BCUT2D eigenvalue weighted by Gasteiger charge is -2.10. The normalized spacial score (nSPS) is 10.6. The Balaban J connectivity index is 1.82. The van der Waals surface area contributed by atoms with Gasteiger partial charge in [0.25, 0.3) is 0 Å². The van der Waals surface area contributed by atoms with Crippen LogP contribution in [0.2, 0.25) is 0 Å². The summed E-state index contributed by atoms with van der Waals surface area (Å²) in [5.74, 6) is 0.812. The molecule has 5 nitrogen and oxygen atoms in total. The number of methoxy groups -OCH3 is 1. The molecule has 0 radical (unpaired) electrons. The van der Waals surface area contributed by atoms with Crippen LogP contribution in [0.25, 0.3) is 11.0 Å². The molecular formula is C14H14N4O. The Labute approximate surface area is 110 Å².